The first-order valence-corrected chi connectivity index (χ1v) is 7.00. The number of carbonyl (C=O) groups excluding carboxylic acids is 1. The minimum absolute atomic E-state index is 0.0715. The van der Waals surface area contributed by atoms with Crippen molar-refractivity contribution < 1.29 is 4.79 Å². The molecule has 1 saturated heterocycles. The van der Waals surface area contributed by atoms with E-state index in [-0.39, 0.29) is 11.3 Å². The van der Waals surface area contributed by atoms with Crippen LogP contribution in [0.15, 0.2) is 22.7 Å². The molecule has 0 aliphatic carbocycles. The number of hydrogen-bond donors (Lipinski definition) is 0. The number of piperidine rings is 1. The predicted octanol–water partition coefficient (Wildman–Crippen LogP) is 3.60. The number of carbonyl (C=O) groups is 1. The van der Waals surface area contributed by atoms with E-state index in [1.54, 1.807) is 0 Å². The molecular weight excluding hydrogens is 302 g/mol. The number of likely N-dealkylation sites (tertiary alicyclic amines) is 1. The normalized spacial score (nSPS) is 20.4. The number of nitrogens with zero attached hydrogens (tertiary/aromatic N) is 1. The van der Waals surface area contributed by atoms with Crippen LogP contribution >= 0.6 is 27.5 Å². The Kier molecular flexibility index (Phi) is 4.10. The van der Waals surface area contributed by atoms with Gasteiger partial charge in [-0.05, 0) is 53.4 Å². The summed E-state index contributed by atoms with van der Waals surface area (Å²) >= 11 is 9.55. The maximum Gasteiger partial charge on any atom is 0.255 e. The van der Waals surface area contributed by atoms with Gasteiger partial charge in [-0.2, -0.15) is 0 Å². The first kappa shape index (κ1) is 12.9. The molecule has 1 aromatic carbocycles. The van der Waals surface area contributed by atoms with Gasteiger partial charge in [-0.25, -0.2) is 0 Å². The lowest BCUT2D eigenvalue weighted by atomic mass is 10.1. The molecule has 0 saturated carbocycles. The number of rotatable bonds is 1. The summed E-state index contributed by atoms with van der Waals surface area (Å²) in [6.07, 6.45) is 1.99. The molecule has 0 N–H and O–H groups in total. The van der Waals surface area contributed by atoms with Crippen LogP contribution in [0, 0.1) is 6.92 Å². The van der Waals surface area contributed by atoms with E-state index in [9.17, 15) is 4.79 Å². The van der Waals surface area contributed by atoms with Crippen molar-refractivity contribution in [3.05, 3.63) is 33.8 Å². The minimum Gasteiger partial charge on any atom is -0.337 e. The van der Waals surface area contributed by atoms with Crippen molar-refractivity contribution in [3.63, 3.8) is 0 Å². The van der Waals surface area contributed by atoms with Crippen LogP contribution in [0.2, 0.25) is 0 Å². The second-order valence-electron chi connectivity index (χ2n) is 4.47. The Hall–Kier alpha value is -0.540. The van der Waals surface area contributed by atoms with Crippen molar-refractivity contribution in [2.45, 2.75) is 25.1 Å². The Bertz CT molecular complexity index is 435. The van der Waals surface area contributed by atoms with Gasteiger partial charge in [0.15, 0.2) is 0 Å². The first-order chi connectivity index (χ1) is 8.08. The summed E-state index contributed by atoms with van der Waals surface area (Å²) in [6.45, 7) is 3.47. The monoisotopic (exact) mass is 315 g/mol. The van der Waals surface area contributed by atoms with Gasteiger partial charge in [-0.1, -0.05) is 6.07 Å². The predicted molar refractivity (Wildman–Crippen MR) is 73.7 cm³/mol. The molecule has 4 heteroatoms. The number of amides is 1. The molecule has 2 nitrogen and oxygen atoms in total. The van der Waals surface area contributed by atoms with Crippen LogP contribution in [-0.2, 0) is 0 Å². The highest BCUT2D eigenvalue weighted by molar-refractivity contribution is 9.10. The summed E-state index contributed by atoms with van der Waals surface area (Å²) in [6, 6.07) is 5.80. The summed E-state index contributed by atoms with van der Waals surface area (Å²) in [7, 11) is 0. The fourth-order valence-corrected chi connectivity index (χ4v) is 3.06. The van der Waals surface area contributed by atoms with Crippen LogP contribution in [0.5, 0.6) is 0 Å². The zero-order valence-electron chi connectivity index (χ0n) is 9.75. The van der Waals surface area contributed by atoms with Gasteiger partial charge in [0.2, 0.25) is 0 Å². The fourth-order valence-electron chi connectivity index (χ4n) is 2.07. The number of halogens is 2. The van der Waals surface area contributed by atoms with Crippen molar-refractivity contribution >= 4 is 33.4 Å². The standard InChI is InChI=1S/C13H15BrClNO/c1-9-4-5-11(12(14)7-9)13(17)16-6-2-3-10(15)8-16/h4-5,7,10H,2-3,6,8H2,1H3. The van der Waals surface area contributed by atoms with Crippen LogP contribution in [0.4, 0.5) is 0 Å². The lowest BCUT2D eigenvalue weighted by Gasteiger charge is -2.30. The maximum absolute atomic E-state index is 12.3. The molecule has 1 aliphatic rings. The summed E-state index contributed by atoms with van der Waals surface area (Å²) in [5.41, 5.74) is 1.86. The molecule has 1 unspecified atom stereocenters. The van der Waals surface area contributed by atoms with Crippen molar-refractivity contribution in [3.8, 4) is 0 Å². The Morgan fingerprint density at radius 3 is 2.94 bits per heavy atom. The minimum atomic E-state index is 0.0715. The summed E-state index contributed by atoms with van der Waals surface area (Å²) in [5, 5.41) is 0.0944. The highest BCUT2D eigenvalue weighted by Gasteiger charge is 2.24. The average Bonchev–Trinajstić information content (AvgIpc) is 2.28. The van der Waals surface area contributed by atoms with Crippen LogP contribution in [0.1, 0.15) is 28.8 Å². The Morgan fingerprint density at radius 2 is 2.29 bits per heavy atom. The molecule has 0 bridgehead atoms. The van der Waals surface area contributed by atoms with E-state index >= 15 is 0 Å². The second-order valence-corrected chi connectivity index (χ2v) is 5.95. The molecule has 1 amide bonds. The van der Waals surface area contributed by atoms with Gasteiger partial charge in [-0.3, -0.25) is 4.79 Å². The largest absolute Gasteiger partial charge is 0.337 e. The van der Waals surface area contributed by atoms with Crippen LogP contribution in [-0.4, -0.2) is 29.3 Å². The summed E-state index contributed by atoms with van der Waals surface area (Å²) < 4.78 is 0.860. The highest BCUT2D eigenvalue weighted by atomic mass is 79.9. The first-order valence-electron chi connectivity index (χ1n) is 5.77. The third-order valence-electron chi connectivity index (χ3n) is 3.01. The summed E-state index contributed by atoms with van der Waals surface area (Å²) in [5.74, 6) is 0.0715. The fraction of sp³-hybridized carbons (Fsp3) is 0.462. The van der Waals surface area contributed by atoms with Crippen LogP contribution in [0.3, 0.4) is 0 Å². The van der Waals surface area contributed by atoms with Crippen molar-refractivity contribution in [1.82, 2.24) is 4.90 Å². The van der Waals surface area contributed by atoms with Crippen LogP contribution in [0.25, 0.3) is 0 Å². The number of aryl methyl sites for hydroxylation is 1. The quantitative estimate of drug-likeness (QED) is 0.725. The molecule has 2 rings (SSSR count). The van der Waals surface area contributed by atoms with Gasteiger partial charge in [0, 0.05) is 17.6 Å². The maximum atomic E-state index is 12.3. The lowest BCUT2D eigenvalue weighted by molar-refractivity contribution is 0.0726. The Morgan fingerprint density at radius 1 is 1.53 bits per heavy atom. The average molecular weight is 317 g/mol. The van der Waals surface area contributed by atoms with Gasteiger partial charge >= 0.3 is 0 Å². The SMILES string of the molecule is Cc1ccc(C(=O)N2CCCC(Cl)C2)c(Br)c1. The molecule has 1 atom stereocenters. The van der Waals surface area contributed by atoms with Gasteiger partial charge in [0.05, 0.1) is 10.9 Å². The molecule has 1 aliphatic heterocycles. The van der Waals surface area contributed by atoms with E-state index in [1.165, 1.54) is 0 Å². The van der Waals surface area contributed by atoms with Gasteiger partial charge < -0.3 is 4.90 Å². The topological polar surface area (TPSA) is 20.3 Å². The van der Waals surface area contributed by atoms with E-state index in [1.807, 2.05) is 30.0 Å². The van der Waals surface area contributed by atoms with E-state index in [4.69, 9.17) is 11.6 Å². The molecular formula is C13H15BrClNO. The molecule has 1 fully saturated rings. The number of hydrogen-bond acceptors (Lipinski definition) is 1. The highest BCUT2D eigenvalue weighted by Crippen LogP contribution is 2.23. The van der Waals surface area contributed by atoms with Gasteiger partial charge in [-0.15, -0.1) is 11.6 Å². The second kappa shape index (κ2) is 5.40. The Balaban J connectivity index is 2.18. The van der Waals surface area contributed by atoms with E-state index in [0.717, 1.165) is 35.0 Å². The molecule has 1 aromatic rings. The molecule has 92 valence electrons. The third-order valence-corrected chi connectivity index (χ3v) is 4.02. The molecule has 0 radical (unpaired) electrons. The van der Waals surface area contributed by atoms with Gasteiger partial charge in [0.25, 0.3) is 5.91 Å². The van der Waals surface area contributed by atoms with E-state index in [2.05, 4.69) is 15.9 Å². The van der Waals surface area contributed by atoms with Crippen LogP contribution < -0.4 is 0 Å². The van der Waals surface area contributed by atoms with Crippen molar-refractivity contribution in [2.24, 2.45) is 0 Å². The molecule has 17 heavy (non-hydrogen) atoms. The smallest absolute Gasteiger partial charge is 0.255 e. The summed E-state index contributed by atoms with van der Waals surface area (Å²) in [4.78, 5) is 14.2. The zero-order valence-corrected chi connectivity index (χ0v) is 12.1. The van der Waals surface area contributed by atoms with Gasteiger partial charge in [0.1, 0.15) is 0 Å². The number of benzene rings is 1. The Labute approximate surface area is 115 Å². The van der Waals surface area contributed by atoms with E-state index < -0.39 is 0 Å². The third kappa shape index (κ3) is 3.02. The van der Waals surface area contributed by atoms with Crippen molar-refractivity contribution in [1.29, 1.82) is 0 Å². The molecule has 1 heterocycles. The lowest BCUT2D eigenvalue weighted by Crippen LogP contribution is -2.40. The van der Waals surface area contributed by atoms with E-state index in [0.29, 0.717) is 6.54 Å². The number of alkyl halides is 1. The zero-order chi connectivity index (χ0) is 12.4. The molecule has 0 spiro atoms. The van der Waals surface area contributed by atoms with Crippen molar-refractivity contribution in [2.75, 3.05) is 13.1 Å². The molecule has 0 aromatic heterocycles.